The Labute approximate surface area is 178 Å². The van der Waals surface area contributed by atoms with Crippen LogP contribution in [0.15, 0.2) is 83.9 Å². The highest BCUT2D eigenvalue weighted by Crippen LogP contribution is 2.23. The van der Waals surface area contributed by atoms with Crippen LogP contribution in [-0.4, -0.2) is 22.6 Å². The fourth-order valence-corrected chi connectivity index (χ4v) is 3.88. The van der Waals surface area contributed by atoms with Gasteiger partial charge in [0.25, 0.3) is 5.91 Å². The molecule has 0 saturated carbocycles. The molecule has 0 fully saturated rings. The van der Waals surface area contributed by atoms with Crippen molar-refractivity contribution in [2.45, 2.75) is 11.8 Å². The Morgan fingerprint density at radius 3 is 2.60 bits per heavy atom. The Hall–Kier alpha value is -3.51. The average Bonchev–Trinajstić information content (AvgIpc) is 3.20. The third-order valence-corrected chi connectivity index (χ3v) is 5.57. The number of benzene rings is 3. The molecule has 0 atom stereocenters. The first kappa shape index (κ1) is 19.8. The van der Waals surface area contributed by atoms with Gasteiger partial charge in [-0.05, 0) is 60.8 Å². The predicted molar refractivity (Wildman–Crippen MR) is 123 cm³/mol. The van der Waals surface area contributed by atoms with Crippen LogP contribution in [0, 0.1) is 6.92 Å². The maximum Gasteiger partial charge on any atom is 0.255 e. The molecule has 0 saturated heterocycles. The number of aryl methyl sites for hydroxylation is 1. The van der Waals surface area contributed by atoms with E-state index in [2.05, 4.69) is 15.6 Å². The molecule has 1 aromatic heterocycles. The lowest BCUT2D eigenvalue weighted by Crippen LogP contribution is -2.14. The first-order valence-electron chi connectivity index (χ1n) is 9.55. The number of aromatic nitrogens is 1. The van der Waals surface area contributed by atoms with Crippen molar-refractivity contribution in [1.82, 2.24) is 4.98 Å². The summed E-state index contributed by atoms with van der Waals surface area (Å²) in [7, 11) is 0. The van der Waals surface area contributed by atoms with Gasteiger partial charge < -0.3 is 15.6 Å². The normalized spacial score (nSPS) is 10.7. The van der Waals surface area contributed by atoms with Gasteiger partial charge >= 0.3 is 0 Å². The van der Waals surface area contributed by atoms with Gasteiger partial charge in [0.1, 0.15) is 0 Å². The molecule has 4 aromatic rings. The number of aromatic amines is 1. The maximum atomic E-state index is 12.4. The van der Waals surface area contributed by atoms with Gasteiger partial charge in [-0.3, -0.25) is 9.59 Å². The Bertz CT molecular complexity index is 1220. The number of amides is 2. The van der Waals surface area contributed by atoms with Gasteiger partial charge in [-0.15, -0.1) is 11.8 Å². The minimum absolute atomic E-state index is 0.0832. The summed E-state index contributed by atoms with van der Waals surface area (Å²) >= 11 is 1.42. The van der Waals surface area contributed by atoms with Crippen molar-refractivity contribution in [2.24, 2.45) is 0 Å². The first-order chi connectivity index (χ1) is 14.6. The molecular weight excluding hydrogens is 394 g/mol. The maximum absolute atomic E-state index is 12.4. The van der Waals surface area contributed by atoms with Gasteiger partial charge in [0.05, 0.1) is 5.75 Å². The quantitative estimate of drug-likeness (QED) is 0.366. The van der Waals surface area contributed by atoms with Crippen LogP contribution < -0.4 is 10.6 Å². The lowest BCUT2D eigenvalue weighted by molar-refractivity contribution is -0.113. The van der Waals surface area contributed by atoms with Crippen LogP contribution in [0.5, 0.6) is 0 Å². The van der Waals surface area contributed by atoms with Crippen LogP contribution in [0.3, 0.4) is 0 Å². The van der Waals surface area contributed by atoms with Crippen LogP contribution in [0.1, 0.15) is 15.9 Å². The van der Waals surface area contributed by atoms with Crippen molar-refractivity contribution < 1.29 is 9.59 Å². The second-order valence-corrected chi connectivity index (χ2v) is 8.02. The highest BCUT2D eigenvalue weighted by atomic mass is 32.2. The second-order valence-electron chi connectivity index (χ2n) is 6.97. The third-order valence-electron chi connectivity index (χ3n) is 4.58. The van der Waals surface area contributed by atoms with E-state index >= 15 is 0 Å². The van der Waals surface area contributed by atoms with E-state index in [1.54, 1.807) is 6.07 Å². The number of hydrogen-bond donors (Lipinski definition) is 3. The molecule has 150 valence electrons. The Morgan fingerprint density at radius 2 is 1.73 bits per heavy atom. The minimum Gasteiger partial charge on any atom is -0.361 e. The van der Waals surface area contributed by atoms with Gasteiger partial charge in [0.2, 0.25) is 5.91 Å². The van der Waals surface area contributed by atoms with Gasteiger partial charge in [-0.25, -0.2) is 0 Å². The number of nitrogens with one attached hydrogen (secondary N) is 3. The molecule has 0 aliphatic carbocycles. The smallest absolute Gasteiger partial charge is 0.255 e. The van der Waals surface area contributed by atoms with Crippen molar-refractivity contribution in [3.63, 3.8) is 0 Å². The molecule has 4 rings (SSSR count). The van der Waals surface area contributed by atoms with Crippen molar-refractivity contribution in [3.05, 3.63) is 90.1 Å². The van der Waals surface area contributed by atoms with Gasteiger partial charge in [0.15, 0.2) is 0 Å². The fourth-order valence-electron chi connectivity index (χ4n) is 3.12. The number of thioether (sulfide) groups is 1. The Balaban J connectivity index is 1.34. The number of hydrogen-bond acceptors (Lipinski definition) is 3. The molecule has 5 nitrogen and oxygen atoms in total. The lowest BCUT2D eigenvalue weighted by atomic mass is 10.1. The van der Waals surface area contributed by atoms with Crippen molar-refractivity contribution in [2.75, 3.05) is 16.4 Å². The Kier molecular flexibility index (Phi) is 5.86. The molecule has 3 aromatic carbocycles. The summed E-state index contributed by atoms with van der Waals surface area (Å²) in [4.78, 5) is 28.8. The summed E-state index contributed by atoms with van der Waals surface area (Å²) in [5.74, 6) is 0.0383. The molecule has 1 heterocycles. The molecule has 6 heteroatoms. The highest BCUT2D eigenvalue weighted by Gasteiger charge is 2.08. The van der Waals surface area contributed by atoms with Gasteiger partial charge in [-0.2, -0.15) is 0 Å². The minimum atomic E-state index is -0.154. The molecule has 0 unspecified atom stereocenters. The average molecular weight is 416 g/mol. The lowest BCUT2D eigenvalue weighted by Gasteiger charge is -2.09. The highest BCUT2D eigenvalue weighted by molar-refractivity contribution is 8.00. The van der Waals surface area contributed by atoms with E-state index in [0.717, 1.165) is 27.0 Å². The van der Waals surface area contributed by atoms with Crippen LogP contribution in [0.4, 0.5) is 11.4 Å². The number of carbonyl (C=O) groups is 2. The van der Waals surface area contributed by atoms with E-state index in [0.29, 0.717) is 11.3 Å². The zero-order chi connectivity index (χ0) is 20.9. The van der Waals surface area contributed by atoms with E-state index in [4.69, 9.17) is 0 Å². The molecule has 0 bridgehead atoms. The summed E-state index contributed by atoms with van der Waals surface area (Å²) in [6, 6.07) is 22.7. The third kappa shape index (κ3) is 4.90. The number of anilines is 2. The van der Waals surface area contributed by atoms with Crippen LogP contribution in [0.2, 0.25) is 0 Å². The Morgan fingerprint density at radius 1 is 0.900 bits per heavy atom. The largest absolute Gasteiger partial charge is 0.361 e. The fraction of sp³-hybridized carbons (Fsp3) is 0.0833. The van der Waals surface area contributed by atoms with E-state index in [-0.39, 0.29) is 17.6 Å². The molecule has 2 amide bonds. The SMILES string of the molecule is Cc1cccc(C(=O)Nc2cccc(SCC(=O)Nc3ccc4cc[nH]c4c3)c2)c1. The molecule has 30 heavy (non-hydrogen) atoms. The summed E-state index contributed by atoms with van der Waals surface area (Å²) in [6.45, 7) is 1.95. The summed E-state index contributed by atoms with van der Waals surface area (Å²) in [6.07, 6.45) is 1.87. The van der Waals surface area contributed by atoms with Crippen molar-refractivity contribution >= 4 is 45.9 Å². The summed E-state index contributed by atoms with van der Waals surface area (Å²) < 4.78 is 0. The molecule has 0 spiro atoms. The number of fused-ring (bicyclic) bond motifs is 1. The molecule has 0 radical (unpaired) electrons. The summed E-state index contributed by atoms with van der Waals surface area (Å²) in [5.41, 5.74) is 4.09. The number of carbonyl (C=O) groups excluding carboxylic acids is 2. The van der Waals surface area contributed by atoms with Crippen LogP contribution in [0.25, 0.3) is 10.9 Å². The molecule has 0 aliphatic rings. The van der Waals surface area contributed by atoms with Crippen molar-refractivity contribution in [3.8, 4) is 0 Å². The molecule has 3 N–H and O–H groups in total. The monoisotopic (exact) mass is 415 g/mol. The van der Waals surface area contributed by atoms with Crippen LogP contribution >= 0.6 is 11.8 Å². The second kappa shape index (κ2) is 8.88. The zero-order valence-corrected chi connectivity index (χ0v) is 17.3. The number of rotatable bonds is 6. The summed E-state index contributed by atoms with van der Waals surface area (Å²) in [5, 5.41) is 6.93. The zero-order valence-electron chi connectivity index (χ0n) is 16.4. The van der Waals surface area contributed by atoms with E-state index in [9.17, 15) is 9.59 Å². The topological polar surface area (TPSA) is 74.0 Å². The van der Waals surface area contributed by atoms with E-state index in [1.165, 1.54) is 11.8 Å². The van der Waals surface area contributed by atoms with E-state index in [1.807, 2.05) is 79.9 Å². The van der Waals surface area contributed by atoms with E-state index < -0.39 is 0 Å². The predicted octanol–water partition coefficient (Wildman–Crippen LogP) is 5.46. The van der Waals surface area contributed by atoms with Crippen molar-refractivity contribution in [1.29, 1.82) is 0 Å². The van der Waals surface area contributed by atoms with Gasteiger partial charge in [0, 0.05) is 33.5 Å². The van der Waals surface area contributed by atoms with Gasteiger partial charge in [-0.1, -0.05) is 29.8 Å². The first-order valence-corrected chi connectivity index (χ1v) is 10.5. The molecule has 0 aliphatic heterocycles. The standard InChI is InChI=1S/C24H21N3O2S/c1-16-4-2-5-18(12-16)24(29)27-19-6-3-7-21(13-19)30-15-23(28)26-20-9-8-17-10-11-25-22(17)14-20/h2-14,25H,15H2,1H3,(H,26,28)(H,27,29). The molecular formula is C24H21N3O2S. The van der Waals surface area contributed by atoms with Crippen LogP contribution in [-0.2, 0) is 4.79 Å². The number of H-pyrrole nitrogens is 1.